The molecule has 0 saturated heterocycles. The summed E-state index contributed by atoms with van der Waals surface area (Å²) in [6.07, 6.45) is 0.786. The first-order valence-electron chi connectivity index (χ1n) is 5.46. The summed E-state index contributed by atoms with van der Waals surface area (Å²) >= 11 is 17.1. The van der Waals surface area contributed by atoms with Gasteiger partial charge in [-0.15, -0.1) is 0 Å². The van der Waals surface area contributed by atoms with Crippen molar-refractivity contribution in [1.82, 2.24) is 14.9 Å². The molecule has 0 aliphatic carbocycles. The highest BCUT2D eigenvalue weighted by Crippen LogP contribution is 2.20. The molecule has 2 aromatic rings. The molecular weight excluding hydrogens is 291 g/mol. The molecule has 96 valence electrons. The topological polar surface area (TPSA) is 45.6 Å². The molecule has 0 fully saturated rings. The Bertz CT molecular complexity index is 605. The maximum absolute atomic E-state index is 6.10. The molecule has 1 aromatic heterocycles. The predicted molar refractivity (Wildman–Crippen MR) is 76.3 cm³/mol. The van der Waals surface area contributed by atoms with Crippen molar-refractivity contribution in [3.63, 3.8) is 0 Å². The summed E-state index contributed by atoms with van der Waals surface area (Å²) in [6.45, 7) is 2.56. The number of rotatable bonds is 4. The van der Waals surface area contributed by atoms with Crippen LogP contribution in [0, 0.1) is 4.77 Å². The molecule has 18 heavy (non-hydrogen) atoms. The Morgan fingerprint density at radius 2 is 2.22 bits per heavy atom. The lowest BCUT2D eigenvalue weighted by Crippen LogP contribution is -2.17. The standard InChI is InChI=1S/C11H12Cl2N4S/c1-2-10-15-16-11(18)17(10)14-6-7-3-4-8(12)5-9(7)13/h3-5,14H,2,6H2,1H3,(H,16,18). The van der Waals surface area contributed by atoms with Crippen LogP contribution < -0.4 is 5.43 Å². The Hall–Kier alpha value is -1.04. The first-order valence-corrected chi connectivity index (χ1v) is 6.62. The molecule has 2 rings (SSSR count). The van der Waals surface area contributed by atoms with E-state index in [1.807, 2.05) is 13.0 Å². The van der Waals surface area contributed by atoms with Gasteiger partial charge in [0.1, 0.15) is 0 Å². The minimum Gasteiger partial charge on any atom is -0.318 e. The van der Waals surface area contributed by atoms with E-state index in [0.29, 0.717) is 21.4 Å². The summed E-state index contributed by atoms with van der Waals surface area (Å²) in [7, 11) is 0. The molecule has 0 amide bonds. The zero-order chi connectivity index (χ0) is 13.1. The first kappa shape index (κ1) is 13.4. The van der Waals surface area contributed by atoms with Gasteiger partial charge >= 0.3 is 0 Å². The zero-order valence-corrected chi connectivity index (χ0v) is 12.0. The van der Waals surface area contributed by atoms with Gasteiger partial charge in [-0.25, -0.2) is 4.68 Å². The van der Waals surface area contributed by atoms with Gasteiger partial charge in [-0.05, 0) is 29.9 Å². The molecule has 0 radical (unpaired) electrons. The number of benzene rings is 1. The van der Waals surface area contributed by atoms with Crippen molar-refractivity contribution >= 4 is 35.4 Å². The second-order valence-corrected chi connectivity index (χ2v) is 4.93. The van der Waals surface area contributed by atoms with Gasteiger partial charge in [0.2, 0.25) is 4.77 Å². The Balaban J connectivity index is 2.16. The number of H-pyrrole nitrogens is 1. The lowest BCUT2D eigenvalue weighted by molar-refractivity contribution is 0.763. The summed E-state index contributed by atoms with van der Waals surface area (Å²) in [4.78, 5) is 0. The molecule has 0 unspecified atom stereocenters. The fourth-order valence-corrected chi connectivity index (χ4v) is 2.25. The van der Waals surface area contributed by atoms with Crippen LogP contribution >= 0.6 is 35.4 Å². The lowest BCUT2D eigenvalue weighted by Gasteiger charge is -2.10. The van der Waals surface area contributed by atoms with Crippen molar-refractivity contribution in [3.05, 3.63) is 44.4 Å². The third kappa shape index (κ3) is 2.85. The van der Waals surface area contributed by atoms with E-state index in [1.165, 1.54) is 0 Å². The molecule has 0 aliphatic rings. The van der Waals surface area contributed by atoms with Gasteiger partial charge in [-0.1, -0.05) is 36.2 Å². The molecule has 4 nitrogen and oxygen atoms in total. The summed E-state index contributed by atoms with van der Waals surface area (Å²) in [5.74, 6) is 0.852. The molecule has 0 spiro atoms. The second-order valence-electron chi connectivity index (χ2n) is 3.70. The molecule has 1 heterocycles. The Kier molecular flexibility index (Phi) is 4.27. The molecule has 0 bridgehead atoms. The second kappa shape index (κ2) is 5.73. The largest absolute Gasteiger partial charge is 0.318 e. The van der Waals surface area contributed by atoms with Crippen LogP contribution in [-0.4, -0.2) is 14.9 Å². The van der Waals surface area contributed by atoms with Crippen LogP contribution in [0.15, 0.2) is 18.2 Å². The number of halogens is 2. The maximum Gasteiger partial charge on any atom is 0.214 e. The van der Waals surface area contributed by atoms with E-state index < -0.39 is 0 Å². The molecule has 0 saturated carbocycles. The van der Waals surface area contributed by atoms with E-state index in [9.17, 15) is 0 Å². The van der Waals surface area contributed by atoms with E-state index in [2.05, 4.69) is 15.6 Å². The maximum atomic E-state index is 6.10. The third-order valence-electron chi connectivity index (χ3n) is 2.50. The van der Waals surface area contributed by atoms with Crippen molar-refractivity contribution in [2.24, 2.45) is 0 Å². The van der Waals surface area contributed by atoms with Gasteiger partial charge in [0.05, 0.1) is 6.54 Å². The first-order chi connectivity index (χ1) is 8.61. The van der Waals surface area contributed by atoms with Crippen LogP contribution in [0.25, 0.3) is 0 Å². The highest BCUT2D eigenvalue weighted by Gasteiger charge is 2.05. The molecule has 2 N–H and O–H groups in total. The zero-order valence-electron chi connectivity index (χ0n) is 9.70. The fourth-order valence-electron chi connectivity index (χ4n) is 1.56. The average molecular weight is 303 g/mol. The van der Waals surface area contributed by atoms with Crippen LogP contribution in [0.5, 0.6) is 0 Å². The van der Waals surface area contributed by atoms with E-state index in [0.717, 1.165) is 17.8 Å². The Morgan fingerprint density at radius 1 is 1.44 bits per heavy atom. The number of hydrogen-bond donors (Lipinski definition) is 2. The van der Waals surface area contributed by atoms with Gasteiger partial charge in [-0.2, -0.15) is 5.10 Å². The van der Waals surface area contributed by atoms with Crippen molar-refractivity contribution in [2.45, 2.75) is 19.9 Å². The monoisotopic (exact) mass is 302 g/mol. The van der Waals surface area contributed by atoms with Gasteiger partial charge in [-0.3, -0.25) is 5.10 Å². The molecule has 7 heteroatoms. The lowest BCUT2D eigenvalue weighted by atomic mass is 10.2. The third-order valence-corrected chi connectivity index (χ3v) is 3.36. The Morgan fingerprint density at radius 3 is 2.89 bits per heavy atom. The average Bonchev–Trinajstić information content (AvgIpc) is 2.69. The van der Waals surface area contributed by atoms with Gasteiger partial charge < -0.3 is 5.43 Å². The van der Waals surface area contributed by atoms with Crippen LogP contribution in [0.2, 0.25) is 10.0 Å². The number of aromatic amines is 1. The summed E-state index contributed by atoms with van der Waals surface area (Å²) in [6, 6.07) is 5.41. The number of hydrogen-bond acceptors (Lipinski definition) is 3. The summed E-state index contributed by atoms with van der Waals surface area (Å²) in [5, 5.41) is 8.11. The number of aromatic nitrogens is 3. The smallest absolute Gasteiger partial charge is 0.214 e. The van der Waals surface area contributed by atoms with Crippen molar-refractivity contribution in [1.29, 1.82) is 0 Å². The van der Waals surface area contributed by atoms with Crippen LogP contribution in [0.4, 0.5) is 0 Å². The quantitative estimate of drug-likeness (QED) is 0.849. The Labute approximate surface area is 120 Å². The van der Waals surface area contributed by atoms with Crippen molar-refractivity contribution in [3.8, 4) is 0 Å². The molecular formula is C11H12Cl2N4S. The van der Waals surface area contributed by atoms with Crippen LogP contribution in [0.1, 0.15) is 18.3 Å². The van der Waals surface area contributed by atoms with Gasteiger partial charge in [0, 0.05) is 16.5 Å². The highest BCUT2D eigenvalue weighted by molar-refractivity contribution is 7.71. The van der Waals surface area contributed by atoms with Crippen LogP contribution in [0.3, 0.4) is 0 Å². The molecule has 0 atom stereocenters. The number of aryl methyl sites for hydroxylation is 1. The number of nitrogens with one attached hydrogen (secondary N) is 2. The normalized spacial score (nSPS) is 10.6. The number of nitrogens with zero attached hydrogens (tertiary/aromatic N) is 2. The van der Waals surface area contributed by atoms with Crippen molar-refractivity contribution in [2.75, 3.05) is 5.43 Å². The molecule has 1 aromatic carbocycles. The molecule has 0 aliphatic heterocycles. The van der Waals surface area contributed by atoms with Crippen LogP contribution in [-0.2, 0) is 13.0 Å². The van der Waals surface area contributed by atoms with Gasteiger partial charge in [0.15, 0.2) is 5.82 Å². The van der Waals surface area contributed by atoms with E-state index in [-0.39, 0.29) is 0 Å². The highest BCUT2D eigenvalue weighted by atomic mass is 35.5. The van der Waals surface area contributed by atoms with Gasteiger partial charge in [0.25, 0.3) is 0 Å². The van der Waals surface area contributed by atoms with E-state index >= 15 is 0 Å². The fraction of sp³-hybridized carbons (Fsp3) is 0.273. The van der Waals surface area contributed by atoms with E-state index in [4.69, 9.17) is 35.4 Å². The van der Waals surface area contributed by atoms with E-state index in [1.54, 1.807) is 16.8 Å². The summed E-state index contributed by atoms with van der Waals surface area (Å²) < 4.78 is 2.29. The predicted octanol–water partition coefficient (Wildman–Crippen LogP) is 3.55. The van der Waals surface area contributed by atoms with Crippen molar-refractivity contribution < 1.29 is 0 Å². The minimum absolute atomic E-state index is 0.539. The SMILES string of the molecule is CCc1n[nH]c(=S)n1NCc1ccc(Cl)cc1Cl. The summed E-state index contributed by atoms with van der Waals surface area (Å²) in [5.41, 5.74) is 4.13. The minimum atomic E-state index is 0.539.